The van der Waals surface area contributed by atoms with E-state index < -0.39 is 29.3 Å². The van der Waals surface area contributed by atoms with Gasteiger partial charge in [0.25, 0.3) is 0 Å². The summed E-state index contributed by atoms with van der Waals surface area (Å²) < 4.78 is 62.2. The van der Waals surface area contributed by atoms with Crippen molar-refractivity contribution in [3.63, 3.8) is 0 Å². The van der Waals surface area contributed by atoms with Gasteiger partial charge in [0, 0.05) is 0 Å². The van der Waals surface area contributed by atoms with E-state index in [0.717, 1.165) is 5.56 Å². The van der Waals surface area contributed by atoms with Crippen LogP contribution < -0.4 is 0 Å². The first-order valence-electron chi connectivity index (χ1n) is 4.90. The second-order valence-electron chi connectivity index (χ2n) is 3.52. The van der Waals surface area contributed by atoms with Crippen LogP contribution in [0.2, 0.25) is 0 Å². The summed E-state index contributed by atoms with van der Waals surface area (Å²) in [5.74, 6) is 0. The highest BCUT2D eigenvalue weighted by Gasteiger charge is 2.27. The van der Waals surface area contributed by atoms with Crippen molar-refractivity contribution < 1.29 is 30.8 Å². The van der Waals surface area contributed by atoms with E-state index in [9.17, 15) is 21.6 Å². The summed E-state index contributed by atoms with van der Waals surface area (Å²) in [6, 6.07) is 5.62. The highest BCUT2D eigenvalue weighted by Crippen LogP contribution is 2.20. The number of hydrogen-bond donors (Lipinski definition) is 0. The summed E-state index contributed by atoms with van der Waals surface area (Å²) in [4.78, 5) is 3.87. The molecule has 0 saturated heterocycles. The molecule has 1 rings (SSSR count). The number of benzene rings is 1. The molecule has 18 heavy (non-hydrogen) atoms. The predicted molar refractivity (Wildman–Crippen MR) is 56.1 cm³/mol. The van der Waals surface area contributed by atoms with Crippen LogP contribution in [0.4, 0.5) is 13.2 Å². The second kappa shape index (κ2) is 5.68. The minimum absolute atomic E-state index is 0.180. The number of alkyl halides is 3. The smallest absolute Gasteiger partial charge is 0.219 e. The summed E-state index contributed by atoms with van der Waals surface area (Å²) >= 11 is 0. The molecule has 1 aromatic carbocycles. The third kappa shape index (κ3) is 5.03. The molecule has 4 nitrogen and oxygen atoms in total. The van der Waals surface area contributed by atoms with E-state index >= 15 is 0 Å². The Labute approximate surface area is 102 Å². The SMILES string of the molecule is Cc1ccc(S(=O)(=O)OOCCC(F)(F)F)cc1. The first-order chi connectivity index (χ1) is 8.21. The zero-order valence-electron chi connectivity index (χ0n) is 9.40. The van der Waals surface area contributed by atoms with Crippen molar-refractivity contribution in [2.24, 2.45) is 0 Å². The van der Waals surface area contributed by atoms with Gasteiger partial charge >= 0.3 is 16.3 Å². The van der Waals surface area contributed by atoms with Crippen molar-refractivity contribution in [3.8, 4) is 0 Å². The molecule has 1 aromatic rings. The molecule has 0 aliphatic carbocycles. The maximum absolute atomic E-state index is 11.8. The molecule has 0 radical (unpaired) electrons. The van der Waals surface area contributed by atoms with Crippen LogP contribution in [-0.4, -0.2) is 21.2 Å². The minimum Gasteiger partial charge on any atom is -0.219 e. The number of hydrogen-bond acceptors (Lipinski definition) is 4. The zero-order valence-corrected chi connectivity index (χ0v) is 10.2. The van der Waals surface area contributed by atoms with Gasteiger partial charge in [-0.15, -0.1) is 4.33 Å². The summed E-state index contributed by atoms with van der Waals surface area (Å²) in [5.41, 5.74) is 0.840. The van der Waals surface area contributed by atoms with Crippen LogP contribution in [0.15, 0.2) is 29.2 Å². The van der Waals surface area contributed by atoms with Crippen LogP contribution in [0.5, 0.6) is 0 Å². The highest BCUT2D eigenvalue weighted by atomic mass is 32.2. The lowest BCUT2D eigenvalue weighted by atomic mass is 10.2. The van der Waals surface area contributed by atoms with E-state index in [1.54, 1.807) is 6.92 Å². The Morgan fingerprint density at radius 2 is 1.72 bits per heavy atom. The van der Waals surface area contributed by atoms with E-state index in [0.29, 0.717) is 0 Å². The fraction of sp³-hybridized carbons (Fsp3) is 0.400. The first-order valence-corrected chi connectivity index (χ1v) is 6.31. The Morgan fingerprint density at radius 1 is 1.17 bits per heavy atom. The van der Waals surface area contributed by atoms with Crippen molar-refractivity contribution in [3.05, 3.63) is 29.8 Å². The number of aryl methyl sites for hydroxylation is 1. The fourth-order valence-electron chi connectivity index (χ4n) is 0.999. The lowest BCUT2D eigenvalue weighted by Gasteiger charge is -2.07. The Morgan fingerprint density at radius 3 is 2.22 bits per heavy atom. The standard InChI is InChI=1S/C10H11F3O4S/c1-8-2-4-9(5-3-8)18(14,15)17-16-7-6-10(11,12)13/h2-5H,6-7H2,1H3. The predicted octanol–water partition coefficient (Wildman–Crippen LogP) is 2.58. The monoisotopic (exact) mass is 284 g/mol. The van der Waals surface area contributed by atoms with Crippen LogP contribution in [0.25, 0.3) is 0 Å². The molecule has 102 valence electrons. The lowest BCUT2D eigenvalue weighted by molar-refractivity contribution is -0.229. The molecule has 0 unspecified atom stereocenters. The third-order valence-electron chi connectivity index (χ3n) is 1.92. The van der Waals surface area contributed by atoms with Crippen LogP contribution in [-0.2, 0) is 19.3 Å². The van der Waals surface area contributed by atoms with Crippen molar-refractivity contribution in [1.29, 1.82) is 0 Å². The van der Waals surface area contributed by atoms with Crippen molar-refractivity contribution in [2.75, 3.05) is 6.61 Å². The minimum atomic E-state index is -4.42. The maximum atomic E-state index is 11.8. The van der Waals surface area contributed by atoms with Gasteiger partial charge in [-0.25, -0.2) is 4.89 Å². The molecule has 0 N–H and O–H groups in total. The number of halogens is 3. The third-order valence-corrected chi connectivity index (χ3v) is 3.04. The van der Waals surface area contributed by atoms with Crippen LogP contribution in [0, 0.1) is 6.92 Å². The average molecular weight is 284 g/mol. The molecule has 0 atom stereocenters. The van der Waals surface area contributed by atoms with Crippen molar-refractivity contribution in [1.82, 2.24) is 0 Å². The molecule has 0 fully saturated rings. The van der Waals surface area contributed by atoms with Gasteiger partial charge in [-0.1, -0.05) is 17.7 Å². The van der Waals surface area contributed by atoms with Crippen LogP contribution in [0.3, 0.4) is 0 Å². The molecule has 0 spiro atoms. The Hall–Kier alpha value is -1.12. The Kier molecular flexibility index (Phi) is 4.71. The fourth-order valence-corrected chi connectivity index (χ4v) is 1.74. The lowest BCUT2D eigenvalue weighted by Crippen LogP contribution is -2.14. The van der Waals surface area contributed by atoms with Gasteiger partial charge in [0.1, 0.15) is 0 Å². The molecular weight excluding hydrogens is 273 g/mol. The molecule has 0 saturated carbocycles. The van der Waals surface area contributed by atoms with Gasteiger partial charge in [-0.05, 0) is 19.1 Å². The van der Waals surface area contributed by atoms with Gasteiger partial charge in [0.05, 0.1) is 17.9 Å². The summed E-state index contributed by atoms with van der Waals surface area (Å²) in [6.45, 7) is 0.881. The number of rotatable bonds is 5. The molecule has 0 aliphatic rings. The molecule has 8 heteroatoms. The van der Waals surface area contributed by atoms with E-state index in [2.05, 4.69) is 9.22 Å². The zero-order chi connectivity index (χ0) is 13.8. The first kappa shape index (κ1) is 14.9. The van der Waals surface area contributed by atoms with Crippen molar-refractivity contribution >= 4 is 10.1 Å². The van der Waals surface area contributed by atoms with Crippen molar-refractivity contribution in [2.45, 2.75) is 24.4 Å². The van der Waals surface area contributed by atoms with Gasteiger partial charge in [0.15, 0.2) is 0 Å². The van der Waals surface area contributed by atoms with E-state index in [1.165, 1.54) is 24.3 Å². The summed E-state index contributed by atoms with van der Waals surface area (Å²) in [7, 11) is -4.18. The van der Waals surface area contributed by atoms with Crippen LogP contribution >= 0.6 is 0 Å². The maximum Gasteiger partial charge on any atom is 0.391 e. The molecule has 0 aliphatic heterocycles. The second-order valence-corrected chi connectivity index (χ2v) is 5.04. The molecular formula is C10H11F3O4S. The Balaban J connectivity index is 2.53. The largest absolute Gasteiger partial charge is 0.391 e. The van der Waals surface area contributed by atoms with Gasteiger partial charge in [-0.3, -0.25) is 0 Å². The molecule has 0 aromatic heterocycles. The van der Waals surface area contributed by atoms with Gasteiger partial charge in [-0.2, -0.15) is 21.6 Å². The highest BCUT2D eigenvalue weighted by molar-refractivity contribution is 7.86. The molecule has 0 amide bonds. The Bertz CT molecular complexity index is 479. The quantitative estimate of drug-likeness (QED) is 0.474. The van der Waals surface area contributed by atoms with E-state index in [4.69, 9.17) is 0 Å². The van der Waals surface area contributed by atoms with Gasteiger partial charge < -0.3 is 0 Å². The van der Waals surface area contributed by atoms with Crippen LogP contribution in [0.1, 0.15) is 12.0 Å². The molecule has 0 bridgehead atoms. The van der Waals surface area contributed by atoms with E-state index in [-0.39, 0.29) is 4.90 Å². The van der Waals surface area contributed by atoms with E-state index in [1.807, 2.05) is 0 Å². The summed E-state index contributed by atoms with van der Waals surface area (Å²) in [5, 5.41) is 0. The van der Waals surface area contributed by atoms with Gasteiger partial charge in [0.2, 0.25) is 0 Å². The normalized spacial score (nSPS) is 12.7. The average Bonchev–Trinajstić information content (AvgIpc) is 2.24. The summed E-state index contributed by atoms with van der Waals surface area (Å²) in [6.07, 6.45) is -5.70. The topological polar surface area (TPSA) is 52.6 Å². The molecule has 0 heterocycles.